The van der Waals surface area contributed by atoms with E-state index in [9.17, 15) is 4.79 Å². The Labute approximate surface area is 114 Å². The fourth-order valence-electron chi connectivity index (χ4n) is 2.31. The number of piperidine rings is 1. The molecule has 0 saturated carbocycles. The highest BCUT2D eigenvalue weighted by atomic mass is 16.2. The summed E-state index contributed by atoms with van der Waals surface area (Å²) < 4.78 is 0. The lowest BCUT2D eigenvalue weighted by Gasteiger charge is -2.27. The molecule has 1 N–H and O–H groups in total. The van der Waals surface area contributed by atoms with Crippen LogP contribution in [0.1, 0.15) is 38.7 Å². The monoisotopic (exact) mass is 257 g/mol. The van der Waals surface area contributed by atoms with Crippen molar-refractivity contribution in [2.24, 2.45) is 0 Å². The minimum atomic E-state index is 0.173. The lowest BCUT2D eigenvalue weighted by atomic mass is 10.1. The maximum absolute atomic E-state index is 11.9. The summed E-state index contributed by atoms with van der Waals surface area (Å²) in [5.41, 5.74) is 2.29. The molecular formula is C15H19N3O. The smallest absolute Gasteiger partial charge is 0.226 e. The first-order valence-electron chi connectivity index (χ1n) is 6.73. The highest BCUT2D eigenvalue weighted by Crippen LogP contribution is 2.26. The van der Waals surface area contributed by atoms with E-state index in [0.717, 1.165) is 30.8 Å². The molecule has 4 nitrogen and oxygen atoms in total. The Morgan fingerprint density at radius 3 is 2.79 bits per heavy atom. The van der Waals surface area contributed by atoms with Crippen LogP contribution in [-0.4, -0.2) is 18.5 Å². The predicted octanol–water partition coefficient (Wildman–Crippen LogP) is 2.90. The fraction of sp³-hybridized carbons (Fsp3) is 0.467. The van der Waals surface area contributed by atoms with Crippen LogP contribution >= 0.6 is 0 Å². The van der Waals surface area contributed by atoms with Crippen molar-refractivity contribution in [2.45, 2.75) is 39.2 Å². The van der Waals surface area contributed by atoms with Crippen LogP contribution in [-0.2, 0) is 4.79 Å². The van der Waals surface area contributed by atoms with Gasteiger partial charge in [0.05, 0.1) is 11.3 Å². The van der Waals surface area contributed by atoms with E-state index in [1.807, 2.05) is 30.9 Å². The average molecular weight is 257 g/mol. The van der Waals surface area contributed by atoms with Crippen molar-refractivity contribution in [3.63, 3.8) is 0 Å². The molecule has 4 heteroatoms. The molecule has 0 atom stereocenters. The van der Waals surface area contributed by atoms with Gasteiger partial charge in [0.1, 0.15) is 6.07 Å². The zero-order chi connectivity index (χ0) is 13.8. The van der Waals surface area contributed by atoms with E-state index in [0.29, 0.717) is 12.0 Å². The molecule has 1 fully saturated rings. The third-order valence-corrected chi connectivity index (χ3v) is 3.20. The van der Waals surface area contributed by atoms with Gasteiger partial charge in [0, 0.05) is 24.7 Å². The van der Waals surface area contributed by atoms with Crippen LogP contribution in [0.4, 0.5) is 11.4 Å². The van der Waals surface area contributed by atoms with Crippen molar-refractivity contribution in [2.75, 3.05) is 16.8 Å². The third kappa shape index (κ3) is 3.05. The SMILES string of the molecule is CC(C)Nc1cc(N2CCCCC2=O)ccc1C#N. The Bertz CT molecular complexity index is 517. The third-order valence-electron chi connectivity index (χ3n) is 3.20. The molecule has 1 aliphatic rings. The first kappa shape index (κ1) is 13.4. The quantitative estimate of drug-likeness (QED) is 0.905. The maximum atomic E-state index is 11.9. The van der Waals surface area contributed by atoms with Gasteiger partial charge in [-0.05, 0) is 44.9 Å². The van der Waals surface area contributed by atoms with Crippen molar-refractivity contribution in [1.29, 1.82) is 5.26 Å². The normalized spacial score (nSPS) is 15.5. The average Bonchev–Trinajstić information content (AvgIpc) is 2.38. The number of nitriles is 1. The van der Waals surface area contributed by atoms with Gasteiger partial charge in [0.25, 0.3) is 0 Å². The number of nitrogens with zero attached hydrogens (tertiary/aromatic N) is 2. The van der Waals surface area contributed by atoms with Crippen LogP contribution in [0.3, 0.4) is 0 Å². The summed E-state index contributed by atoms with van der Waals surface area (Å²) in [5, 5.41) is 12.4. The van der Waals surface area contributed by atoms with Crippen LogP contribution in [0.15, 0.2) is 18.2 Å². The molecule has 0 aromatic heterocycles. The number of anilines is 2. The van der Waals surface area contributed by atoms with Gasteiger partial charge in [-0.25, -0.2) is 0 Å². The zero-order valence-corrected chi connectivity index (χ0v) is 11.4. The number of hydrogen-bond acceptors (Lipinski definition) is 3. The second-order valence-electron chi connectivity index (χ2n) is 5.14. The van der Waals surface area contributed by atoms with E-state index >= 15 is 0 Å². The second-order valence-corrected chi connectivity index (χ2v) is 5.14. The predicted molar refractivity (Wildman–Crippen MR) is 76.1 cm³/mol. The van der Waals surface area contributed by atoms with Gasteiger partial charge >= 0.3 is 0 Å². The molecule has 0 bridgehead atoms. The molecule has 19 heavy (non-hydrogen) atoms. The number of rotatable bonds is 3. The van der Waals surface area contributed by atoms with E-state index in [2.05, 4.69) is 11.4 Å². The van der Waals surface area contributed by atoms with Gasteiger partial charge in [-0.3, -0.25) is 4.79 Å². The molecule has 0 unspecified atom stereocenters. The van der Waals surface area contributed by atoms with E-state index in [-0.39, 0.29) is 11.9 Å². The number of nitrogens with one attached hydrogen (secondary N) is 1. The lowest BCUT2D eigenvalue weighted by molar-refractivity contribution is -0.119. The van der Waals surface area contributed by atoms with E-state index < -0.39 is 0 Å². The highest BCUT2D eigenvalue weighted by Gasteiger charge is 2.20. The van der Waals surface area contributed by atoms with Crippen LogP contribution in [0.25, 0.3) is 0 Å². The van der Waals surface area contributed by atoms with E-state index in [1.54, 1.807) is 6.07 Å². The summed E-state index contributed by atoms with van der Waals surface area (Å²) >= 11 is 0. The Kier molecular flexibility index (Phi) is 4.06. The van der Waals surface area contributed by atoms with Crippen LogP contribution in [0.2, 0.25) is 0 Å². The summed E-state index contributed by atoms with van der Waals surface area (Å²) in [6.45, 7) is 4.83. The molecule has 0 radical (unpaired) electrons. The fourth-order valence-corrected chi connectivity index (χ4v) is 2.31. The zero-order valence-electron chi connectivity index (χ0n) is 11.4. The van der Waals surface area contributed by atoms with Gasteiger partial charge < -0.3 is 10.2 Å². The second kappa shape index (κ2) is 5.75. The van der Waals surface area contributed by atoms with Crippen molar-refractivity contribution in [3.8, 4) is 6.07 Å². The van der Waals surface area contributed by atoms with Gasteiger partial charge in [0.15, 0.2) is 0 Å². The summed E-state index contributed by atoms with van der Waals surface area (Å²) in [5.74, 6) is 0.173. The highest BCUT2D eigenvalue weighted by molar-refractivity contribution is 5.94. The number of carbonyl (C=O) groups excluding carboxylic acids is 1. The summed E-state index contributed by atoms with van der Waals surface area (Å²) in [6.07, 6.45) is 2.63. The Morgan fingerprint density at radius 2 is 2.16 bits per heavy atom. The number of carbonyl (C=O) groups is 1. The van der Waals surface area contributed by atoms with Gasteiger partial charge in [0.2, 0.25) is 5.91 Å². The van der Waals surface area contributed by atoms with E-state index in [4.69, 9.17) is 5.26 Å². The molecule has 0 spiro atoms. The van der Waals surface area contributed by atoms with Crippen LogP contribution in [0, 0.1) is 11.3 Å². The van der Waals surface area contributed by atoms with Gasteiger partial charge in [-0.1, -0.05) is 0 Å². The molecule has 1 amide bonds. The lowest BCUT2D eigenvalue weighted by Crippen LogP contribution is -2.35. The molecule has 1 heterocycles. The van der Waals surface area contributed by atoms with Gasteiger partial charge in [-0.15, -0.1) is 0 Å². The molecular weight excluding hydrogens is 238 g/mol. The Morgan fingerprint density at radius 1 is 1.37 bits per heavy atom. The van der Waals surface area contributed by atoms with Crippen LogP contribution < -0.4 is 10.2 Å². The minimum absolute atomic E-state index is 0.173. The maximum Gasteiger partial charge on any atom is 0.226 e. The minimum Gasteiger partial charge on any atom is -0.382 e. The molecule has 100 valence electrons. The summed E-state index contributed by atoms with van der Waals surface area (Å²) in [4.78, 5) is 13.7. The largest absolute Gasteiger partial charge is 0.382 e. The number of benzene rings is 1. The molecule has 1 saturated heterocycles. The van der Waals surface area contributed by atoms with Gasteiger partial charge in [-0.2, -0.15) is 5.26 Å². The van der Waals surface area contributed by atoms with E-state index in [1.165, 1.54) is 0 Å². The molecule has 2 rings (SSSR count). The molecule has 0 aliphatic carbocycles. The topological polar surface area (TPSA) is 56.1 Å². The van der Waals surface area contributed by atoms with Crippen LogP contribution in [0.5, 0.6) is 0 Å². The molecule has 1 aromatic carbocycles. The van der Waals surface area contributed by atoms with Crippen molar-refractivity contribution in [3.05, 3.63) is 23.8 Å². The number of amides is 1. The summed E-state index contributed by atoms with van der Waals surface area (Å²) in [7, 11) is 0. The molecule has 1 aromatic rings. The van der Waals surface area contributed by atoms with Crippen molar-refractivity contribution < 1.29 is 4.79 Å². The van der Waals surface area contributed by atoms with Crippen molar-refractivity contribution in [1.82, 2.24) is 0 Å². The van der Waals surface area contributed by atoms with Crippen molar-refractivity contribution >= 4 is 17.3 Å². The first-order chi connectivity index (χ1) is 9.11. The Hall–Kier alpha value is -2.02. The first-order valence-corrected chi connectivity index (χ1v) is 6.73. The Balaban J connectivity index is 2.31. The standard InChI is InChI=1S/C15H19N3O/c1-11(2)17-14-9-13(7-6-12(14)10-16)18-8-4-3-5-15(18)19/h6-7,9,11,17H,3-5,8H2,1-2H3. The molecule has 1 aliphatic heterocycles. The number of hydrogen-bond donors (Lipinski definition) is 1. The summed E-state index contributed by atoms with van der Waals surface area (Å²) in [6, 6.07) is 7.96.